The van der Waals surface area contributed by atoms with Crippen molar-refractivity contribution in [3.05, 3.63) is 35.4 Å². The fourth-order valence-electron chi connectivity index (χ4n) is 2.63. The van der Waals surface area contributed by atoms with Crippen molar-refractivity contribution >= 4 is 0 Å². The standard InChI is InChI=1S/C14H22N2/c1-14(2,15)13-7-5-4-6-12(13)11-8-9-16(3)10-11/h4-7,11H,8-10,15H2,1-3H3. The summed E-state index contributed by atoms with van der Waals surface area (Å²) in [6.07, 6.45) is 1.25. The van der Waals surface area contributed by atoms with Crippen LogP contribution >= 0.6 is 0 Å². The Bertz CT molecular complexity index is 365. The molecule has 1 unspecified atom stereocenters. The zero-order valence-electron chi connectivity index (χ0n) is 10.5. The van der Waals surface area contributed by atoms with Gasteiger partial charge in [0.05, 0.1) is 0 Å². The lowest BCUT2D eigenvalue weighted by atomic mass is 9.85. The molecule has 1 aliphatic rings. The number of likely N-dealkylation sites (tertiary alicyclic amines) is 1. The third kappa shape index (κ3) is 2.28. The van der Waals surface area contributed by atoms with Crippen LogP contribution in [0.1, 0.15) is 37.3 Å². The maximum absolute atomic E-state index is 6.25. The van der Waals surface area contributed by atoms with Crippen molar-refractivity contribution in [2.75, 3.05) is 20.1 Å². The first-order valence-electron chi connectivity index (χ1n) is 6.05. The van der Waals surface area contributed by atoms with Crippen LogP contribution in [-0.4, -0.2) is 25.0 Å². The summed E-state index contributed by atoms with van der Waals surface area (Å²) in [6, 6.07) is 8.64. The van der Waals surface area contributed by atoms with Crippen molar-refractivity contribution < 1.29 is 0 Å². The molecule has 2 heteroatoms. The van der Waals surface area contributed by atoms with E-state index in [4.69, 9.17) is 5.73 Å². The van der Waals surface area contributed by atoms with Crippen LogP contribution < -0.4 is 5.73 Å². The molecule has 2 rings (SSSR count). The van der Waals surface area contributed by atoms with E-state index < -0.39 is 0 Å². The van der Waals surface area contributed by atoms with Gasteiger partial charge in [-0.05, 0) is 50.9 Å². The number of hydrogen-bond donors (Lipinski definition) is 1. The summed E-state index contributed by atoms with van der Waals surface area (Å²) < 4.78 is 0. The molecule has 0 spiro atoms. The average molecular weight is 218 g/mol. The highest BCUT2D eigenvalue weighted by atomic mass is 15.1. The molecule has 0 aliphatic carbocycles. The van der Waals surface area contributed by atoms with Crippen LogP contribution in [-0.2, 0) is 5.54 Å². The Morgan fingerprint density at radius 1 is 1.31 bits per heavy atom. The Morgan fingerprint density at radius 3 is 2.56 bits per heavy atom. The summed E-state index contributed by atoms with van der Waals surface area (Å²) in [5.74, 6) is 0.657. The van der Waals surface area contributed by atoms with Crippen LogP contribution in [0.3, 0.4) is 0 Å². The maximum atomic E-state index is 6.25. The van der Waals surface area contributed by atoms with Gasteiger partial charge in [-0.15, -0.1) is 0 Å². The first-order valence-corrected chi connectivity index (χ1v) is 6.05. The molecule has 0 bridgehead atoms. The number of likely N-dealkylation sites (N-methyl/N-ethyl adjacent to an activating group) is 1. The first kappa shape index (κ1) is 11.6. The van der Waals surface area contributed by atoms with Gasteiger partial charge in [0, 0.05) is 12.1 Å². The minimum atomic E-state index is -0.238. The zero-order chi connectivity index (χ0) is 11.8. The van der Waals surface area contributed by atoms with Crippen molar-refractivity contribution in [2.45, 2.75) is 31.7 Å². The van der Waals surface area contributed by atoms with Gasteiger partial charge in [-0.2, -0.15) is 0 Å². The van der Waals surface area contributed by atoms with Crippen LogP contribution in [0.15, 0.2) is 24.3 Å². The fraction of sp³-hybridized carbons (Fsp3) is 0.571. The molecule has 1 atom stereocenters. The van der Waals surface area contributed by atoms with E-state index in [0.717, 1.165) is 6.54 Å². The SMILES string of the molecule is CN1CCC(c2ccccc2C(C)(C)N)C1. The second-order valence-corrected chi connectivity index (χ2v) is 5.56. The van der Waals surface area contributed by atoms with Crippen LogP contribution in [0.2, 0.25) is 0 Å². The molecule has 1 aromatic rings. The summed E-state index contributed by atoms with van der Waals surface area (Å²) in [5, 5.41) is 0. The smallest absolute Gasteiger partial charge is 0.0355 e. The highest BCUT2D eigenvalue weighted by molar-refractivity contribution is 5.36. The lowest BCUT2D eigenvalue weighted by Gasteiger charge is -2.25. The Kier molecular flexibility index (Phi) is 3.04. The van der Waals surface area contributed by atoms with Gasteiger partial charge < -0.3 is 10.6 Å². The van der Waals surface area contributed by atoms with Gasteiger partial charge in [0.15, 0.2) is 0 Å². The van der Waals surface area contributed by atoms with Crippen molar-refractivity contribution in [1.29, 1.82) is 0 Å². The number of benzene rings is 1. The minimum absolute atomic E-state index is 0.238. The molecular weight excluding hydrogens is 196 g/mol. The van der Waals surface area contributed by atoms with Crippen molar-refractivity contribution in [1.82, 2.24) is 4.90 Å². The number of nitrogens with two attached hydrogens (primary N) is 1. The van der Waals surface area contributed by atoms with Gasteiger partial charge >= 0.3 is 0 Å². The molecule has 1 fully saturated rings. The summed E-state index contributed by atoms with van der Waals surface area (Å²) in [5.41, 5.74) is 8.75. The van der Waals surface area contributed by atoms with Gasteiger partial charge in [-0.25, -0.2) is 0 Å². The van der Waals surface area contributed by atoms with Crippen molar-refractivity contribution in [3.8, 4) is 0 Å². The van der Waals surface area contributed by atoms with E-state index in [1.807, 2.05) is 0 Å². The van der Waals surface area contributed by atoms with Crippen LogP contribution in [0.5, 0.6) is 0 Å². The number of hydrogen-bond acceptors (Lipinski definition) is 2. The van der Waals surface area contributed by atoms with E-state index in [1.54, 1.807) is 0 Å². The molecule has 1 aliphatic heterocycles. The topological polar surface area (TPSA) is 29.3 Å². The number of rotatable bonds is 2. The normalized spacial score (nSPS) is 22.6. The van der Waals surface area contributed by atoms with Crippen LogP contribution in [0.25, 0.3) is 0 Å². The second-order valence-electron chi connectivity index (χ2n) is 5.56. The fourth-order valence-corrected chi connectivity index (χ4v) is 2.63. The molecule has 0 saturated carbocycles. The van der Waals surface area contributed by atoms with E-state index in [1.165, 1.54) is 24.1 Å². The molecular formula is C14H22N2. The summed E-state index contributed by atoms with van der Waals surface area (Å²) in [4.78, 5) is 2.39. The zero-order valence-corrected chi connectivity index (χ0v) is 10.5. The van der Waals surface area contributed by atoms with Gasteiger partial charge in [0.1, 0.15) is 0 Å². The lowest BCUT2D eigenvalue weighted by molar-refractivity contribution is 0.410. The average Bonchev–Trinajstić information content (AvgIpc) is 2.64. The maximum Gasteiger partial charge on any atom is 0.0355 e. The third-order valence-electron chi connectivity index (χ3n) is 3.49. The van der Waals surface area contributed by atoms with E-state index in [0.29, 0.717) is 5.92 Å². The van der Waals surface area contributed by atoms with Crippen molar-refractivity contribution in [2.24, 2.45) is 5.73 Å². The van der Waals surface area contributed by atoms with Gasteiger partial charge in [0.25, 0.3) is 0 Å². The molecule has 1 saturated heterocycles. The van der Waals surface area contributed by atoms with Crippen molar-refractivity contribution in [3.63, 3.8) is 0 Å². The van der Waals surface area contributed by atoms with Crippen LogP contribution in [0, 0.1) is 0 Å². The molecule has 0 radical (unpaired) electrons. The predicted octanol–water partition coefficient (Wildman–Crippen LogP) is 2.30. The first-order chi connectivity index (χ1) is 7.48. The van der Waals surface area contributed by atoms with E-state index in [-0.39, 0.29) is 5.54 Å². The molecule has 1 aromatic carbocycles. The quantitative estimate of drug-likeness (QED) is 0.825. The Labute approximate surface area is 98.4 Å². The third-order valence-corrected chi connectivity index (χ3v) is 3.49. The Hall–Kier alpha value is -0.860. The molecule has 1 heterocycles. The molecule has 88 valence electrons. The molecule has 2 N–H and O–H groups in total. The molecule has 16 heavy (non-hydrogen) atoms. The van der Waals surface area contributed by atoms with E-state index in [2.05, 4.69) is 50.1 Å². The molecule has 2 nitrogen and oxygen atoms in total. The van der Waals surface area contributed by atoms with Gasteiger partial charge in [0.2, 0.25) is 0 Å². The highest BCUT2D eigenvalue weighted by Crippen LogP contribution is 2.32. The van der Waals surface area contributed by atoms with Crippen LogP contribution in [0.4, 0.5) is 0 Å². The lowest BCUT2D eigenvalue weighted by Crippen LogP contribution is -2.30. The summed E-state index contributed by atoms with van der Waals surface area (Å²) >= 11 is 0. The largest absolute Gasteiger partial charge is 0.322 e. The summed E-state index contributed by atoms with van der Waals surface area (Å²) in [7, 11) is 2.19. The Balaban J connectivity index is 2.34. The molecule has 0 aromatic heterocycles. The minimum Gasteiger partial charge on any atom is -0.322 e. The highest BCUT2D eigenvalue weighted by Gasteiger charge is 2.26. The Morgan fingerprint density at radius 2 is 2.00 bits per heavy atom. The van der Waals surface area contributed by atoms with Gasteiger partial charge in [-0.3, -0.25) is 0 Å². The second kappa shape index (κ2) is 4.19. The summed E-state index contributed by atoms with van der Waals surface area (Å²) in [6.45, 7) is 6.53. The monoisotopic (exact) mass is 218 g/mol. The van der Waals surface area contributed by atoms with E-state index >= 15 is 0 Å². The van der Waals surface area contributed by atoms with Gasteiger partial charge in [-0.1, -0.05) is 24.3 Å². The van der Waals surface area contributed by atoms with E-state index in [9.17, 15) is 0 Å². The molecule has 0 amide bonds. The number of nitrogens with zero attached hydrogens (tertiary/aromatic N) is 1. The predicted molar refractivity (Wildman–Crippen MR) is 68.5 cm³/mol.